The van der Waals surface area contributed by atoms with Crippen molar-refractivity contribution in [2.45, 2.75) is 46.0 Å². The molecule has 0 N–H and O–H groups in total. The van der Waals surface area contributed by atoms with Crippen LogP contribution in [0.15, 0.2) is 36.5 Å². The molecule has 1 aliphatic rings. The third kappa shape index (κ3) is 4.07. The van der Waals surface area contributed by atoms with E-state index in [1.165, 1.54) is 36.8 Å². The predicted molar refractivity (Wildman–Crippen MR) is 68.8 cm³/mol. The molecule has 2 atom stereocenters. The average Bonchev–Trinajstić information content (AvgIpc) is 2.42. The lowest BCUT2D eigenvalue weighted by molar-refractivity contribution is 0.485. The first kappa shape index (κ1) is 12.3. The second kappa shape index (κ2) is 5.95. The van der Waals surface area contributed by atoms with Crippen molar-refractivity contribution in [3.8, 4) is 0 Å². The lowest BCUT2D eigenvalue weighted by Gasteiger charge is -2.20. The highest BCUT2D eigenvalue weighted by molar-refractivity contribution is 5.20. The zero-order valence-electron chi connectivity index (χ0n) is 10.3. The van der Waals surface area contributed by atoms with Gasteiger partial charge in [-0.05, 0) is 37.5 Å². The van der Waals surface area contributed by atoms with Crippen molar-refractivity contribution < 1.29 is 0 Å². The largest absolute Gasteiger partial charge is 0.0996 e. The van der Waals surface area contributed by atoms with Crippen LogP contribution in [0.25, 0.3) is 0 Å². The van der Waals surface area contributed by atoms with Gasteiger partial charge in [0.25, 0.3) is 0 Å². The summed E-state index contributed by atoms with van der Waals surface area (Å²) in [7, 11) is 0. The van der Waals surface area contributed by atoms with E-state index < -0.39 is 0 Å². The first-order valence-electron chi connectivity index (χ1n) is 6.15. The number of allylic oxidation sites excluding steroid dienone is 4. The molecule has 15 heavy (non-hydrogen) atoms. The summed E-state index contributed by atoms with van der Waals surface area (Å²) in [6.07, 6.45) is 10.4. The Balaban J connectivity index is 2.48. The van der Waals surface area contributed by atoms with E-state index in [-0.39, 0.29) is 0 Å². The maximum Gasteiger partial charge on any atom is -0.0163 e. The van der Waals surface area contributed by atoms with E-state index in [1.807, 2.05) is 0 Å². The van der Waals surface area contributed by atoms with Crippen molar-refractivity contribution >= 4 is 0 Å². The summed E-state index contributed by atoms with van der Waals surface area (Å²) in [4.78, 5) is 0. The highest BCUT2D eigenvalue weighted by atomic mass is 14.2. The highest BCUT2D eigenvalue weighted by Gasteiger charge is 2.16. The summed E-state index contributed by atoms with van der Waals surface area (Å²) < 4.78 is 0. The summed E-state index contributed by atoms with van der Waals surface area (Å²) in [5.41, 5.74) is 2.71. The molecule has 0 aromatic heterocycles. The van der Waals surface area contributed by atoms with Gasteiger partial charge in [0.05, 0.1) is 0 Å². The second-order valence-corrected chi connectivity index (χ2v) is 4.91. The molecule has 0 radical (unpaired) electrons. The van der Waals surface area contributed by atoms with Gasteiger partial charge < -0.3 is 0 Å². The summed E-state index contributed by atoms with van der Waals surface area (Å²) in [5.74, 6) is 1.45. The Kier molecular flexibility index (Phi) is 4.87. The van der Waals surface area contributed by atoms with Gasteiger partial charge in [0.1, 0.15) is 0 Å². The van der Waals surface area contributed by atoms with Crippen LogP contribution >= 0.6 is 0 Å². The van der Waals surface area contributed by atoms with E-state index in [1.54, 1.807) is 0 Å². The molecule has 0 amide bonds. The second-order valence-electron chi connectivity index (χ2n) is 4.91. The molecule has 0 spiro atoms. The number of hydrogen-bond donors (Lipinski definition) is 0. The molecule has 1 aliphatic carbocycles. The van der Waals surface area contributed by atoms with E-state index in [2.05, 4.69) is 39.2 Å². The lowest BCUT2D eigenvalue weighted by Crippen LogP contribution is -2.06. The summed E-state index contributed by atoms with van der Waals surface area (Å²) in [6, 6.07) is 0. The first-order chi connectivity index (χ1) is 7.13. The maximum absolute atomic E-state index is 4.27. The summed E-state index contributed by atoms with van der Waals surface area (Å²) in [6.45, 7) is 12.9. The Morgan fingerprint density at radius 1 is 1.60 bits per heavy atom. The van der Waals surface area contributed by atoms with Crippen molar-refractivity contribution in [3.63, 3.8) is 0 Å². The molecular weight excluding hydrogens is 180 g/mol. The first-order valence-corrected chi connectivity index (χ1v) is 6.15. The van der Waals surface area contributed by atoms with Crippen LogP contribution in [0.2, 0.25) is 0 Å². The molecule has 0 aromatic rings. The van der Waals surface area contributed by atoms with Crippen LogP contribution in [-0.2, 0) is 0 Å². The van der Waals surface area contributed by atoms with Gasteiger partial charge in [0.2, 0.25) is 0 Å². The minimum atomic E-state index is 0.668. The molecular formula is C15H24. The fraction of sp³-hybridized carbons (Fsp3) is 0.600. The standard InChI is InChI=1S/C15H24/c1-5-12(2)10-14(4)15-9-7-6-8-13(3)11-15/h6,8,12,15H,3-5,7,9-11H2,1-2H3. The lowest BCUT2D eigenvalue weighted by atomic mass is 9.85. The van der Waals surface area contributed by atoms with Gasteiger partial charge in [-0.3, -0.25) is 0 Å². The summed E-state index contributed by atoms with van der Waals surface area (Å²) >= 11 is 0. The Morgan fingerprint density at radius 3 is 3.00 bits per heavy atom. The Hall–Kier alpha value is -0.780. The van der Waals surface area contributed by atoms with Crippen LogP contribution in [-0.4, -0.2) is 0 Å². The van der Waals surface area contributed by atoms with Crippen molar-refractivity contribution in [2.75, 3.05) is 0 Å². The third-order valence-electron chi connectivity index (χ3n) is 3.43. The third-order valence-corrected chi connectivity index (χ3v) is 3.43. The monoisotopic (exact) mass is 204 g/mol. The molecule has 0 aliphatic heterocycles. The van der Waals surface area contributed by atoms with Crippen LogP contribution in [0.4, 0.5) is 0 Å². The summed E-state index contributed by atoms with van der Waals surface area (Å²) in [5, 5.41) is 0. The molecule has 0 heterocycles. The topological polar surface area (TPSA) is 0 Å². The molecule has 0 bridgehead atoms. The highest BCUT2D eigenvalue weighted by Crippen LogP contribution is 2.30. The molecule has 2 unspecified atom stereocenters. The normalized spacial score (nSPS) is 23.6. The minimum Gasteiger partial charge on any atom is -0.0996 e. The number of rotatable bonds is 4. The molecule has 0 aromatic carbocycles. The van der Waals surface area contributed by atoms with Crippen LogP contribution in [0.5, 0.6) is 0 Å². The molecule has 0 saturated heterocycles. The zero-order valence-corrected chi connectivity index (χ0v) is 10.3. The van der Waals surface area contributed by atoms with Crippen molar-refractivity contribution in [1.29, 1.82) is 0 Å². The van der Waals surface area contributed by atoms with Gasteiger partial charge in [0.15, 0.2) is 0 Å². The Labute approximate surface area is 94.8 Å². The van der Waals surface area contributed by atoms with Gasteiger partial charge in [-0.1, -0.05) is 56.7 Å². The van der Waals surface area contributed by atoms with Gasteiger partial charge in [-0.2, -0.15) is 0 Å². The van der Waals surface area contributed by atoms with Gasteiger partial charge in [-0.25, -0.2) is 0 Å². The van der Waals surface area contributed by atoms with Crippen LogP contribution in [0, 0.1) is 11.8 Å². The van der Waals surface area contributed by atoms with Gasteiger partial charge in [-0.15, -0.1) is 0 Å². The van der Waals surface area contributed by atoms with Crippen LogP contribution < -0.4 is 0 Å². The maximum atomic E-state index is 4.27. The SMILES string of the molecule is C=C1C=CCCC(C(=C)CC(C)CC)C1. The zero-order chi connectivity index (χ0) is 11.3. The fourth-order valence-electron chi connectivity index (χ4n) is 2.14. The molecule has 0 saturated carbocycles. The predicted octanol–water partition coefficient (Wildman–Crippen LogP) is 4.89. The average molecular weight is 204 g/mol. The van der Waals surface area contributed by atoms with E-state index in [0.29, 0.717) is 5.92 Å². The van der Waals surface area contributed by atoms with E-state index >= 15 is 0 Å². The molecule has 84 valence electrons. The van der Waals surface area contributed by atoms with Gasteiger partial charge >= 0.3 is 0 Å². The van der Waals surface area contributed by atoms with E-state index in [9.17, 15) is 0 Å². The fourth-order valence-corrected chi connectivity index (χ4v) is 2.14. The molecule has 1 rings (SSSR count). The van der Waals surface area contributed by atoms with Crippen LogP contribution in [0.1, 0.15) is 46.0 Å². The van der Waals surface area contributed by atoms with E-state index in [0.717, 1.165) is 12.3 Å². The minimum absolute atomic E-state index is 0.668. The number of hydrogen-bond acceptors (Lipinski definition) is 0. The van der Waals surface area contributed by atoms with Crippen molar-refractivity contribution in [2.24, 2.45) is 11.8 Å². The van der Waals surface area contributed by atoms with Crippen LogP contribution in [0.3, 0.4) is 0 Å². The van der Waals surface area contributed by atoms with Crippen molar-refractivity contribution in [3.05, 3.63) is 36.5 Å². The Morgan fingerprint density at radius 2 is 2.33 bits per heavy atom. The van der Waals surface area contributed by atoms with Crippen molar-refractivity contribution in [1.82, 2.24) is 0 Å². The quantitative estimate of drug-likeness (QED) is 0.572. The molecule has 0 fully saturated rings. The Bertz CT molecular complexity index is 257. The van der Waals surface area contributed by atoms with E-state index in [4.69, 9.17) is 0 Å². The smallest absolute Gasteiger partial charge is 0.0163 e. The molecule has 0 nitrogen and oxygen atoms in total. The molecule has 0 heteroatoms. The van der Waals surface area contributed by atoms with Gasteiger partial charge in [0, 0.05) is 0 Å².